The van der Waals surface area contributed by atoms with Crippen molar-refractivity contribution in [3.63, 3.8) is 0 Å². The van der Waals surface area contributed by atoms with Gasteiger partial charge >= 0.3 is 0 Å². The molecule has 0 radical (unpaired) electrons. The molecule has 18 heavy (non-hydrogen) atoms. The molecule has 0 aliphatic carbocycles. The summed E-state index contributed by atoms with van der Waals surface area (Å²) in [5.74, 6) is 0.768. The zero-order valence-electron chi connectivity index (χ0n) is 9.07. The van der Waals surface area contributed by atoms with Crippen molar-refractivity contribution < 1.29 is 0 Å². The van der Waals surface area contributed by atoms with Crippen molar-refractivity contribution >= 4 is 44.6 Å². The Bertz CT molecular complexity index is 737. The third kappa shape index (κ3) is 1.92. The van der Waals surface area contributed by atoms with Crippen LogP contribution in [0.15, 0.2) is 47.2 Å². The van der Waals surface area contributed by atoms with Crippen LogP contribution in [0.1, 0.15) is 0 Å². The minimum atomic E-state index is 0.653. The van der Waals surface area contributed by atoms with Gasteiger partial charge in [-0.1, -0.05) is 35.3 Å². The third-order valence-electron chi connectivity index (χ3n) is 2.67. The van der Waals surface area contributed by atoms with Crippen LogP contribution in [-0.4, -0.2) is 9.38 Å². The van der Waals surface area contributed by atoms with Crippen LogP contribution >= 0.6 is 39.1 Å². The molecule has 0 N–H and O–H groups in total. The number of pyridine rings is 1. The Balaban J connectivity index is 2.36. The van der Waals surface area contributed by atoms with Gasteiger partial charge in [0.25, 0.3) is 0 Å². The molecule has 0 spiro atoms. The summed E-state index contributed by atoms with van der Waals surface area (Å²) >= 11 is 15.7. The van der Waals surface area contributed by atoms with Crippen LogP contribution in [0.3, 0.4) is 0 Å². The van der Waals surface area contributed by atoms with Crippen molar-refractivity contribution in [3.05, 3.63) is 57.2 Å². The Labute approximate surface area is 122 Å². The molecule has 2 heterocycles. The van der Waals surface area contributed by atoms with Gasteiger partial charge in [0.05, 0.1) is 15.6 Å². The number of halogens is 3. The van der Waals surface area contributed by atoms with E-state index in [0.717, 1.165) is 21.5 Å². The molecule has 0 unspecified atom stereocenters. The van der Waals surface area contributed by atoms with Crippen molar-refractivity contribution in [2.45, 2.75) is 0 Å². The van der Waals surface area contributed by atoms with E-state index in [4.69, 9.17) is 23.2 Å². The zero-order chi connectivity index (χ0) is 12.7. The van der Waals surface area contributed by atoms with E-state index < -0.39 is 0 Å². The van der Waals surface area contributed by atoms with Gasteiger partial charge in [0.2, 0.25) is 0 Å². The van der Waals surface area contributed by atoms with E-state index >= 15 is 0 Å². The Hall–Kier alpha value is -1.03. The molecule has 0 saturated carbocycles. The number of aromatic nitrogens is 2. The van der Waals surface area contributed by atoms with E-state index in [1.165, 1.54) is 0 Å². The molecule has 2 nitrogen and oxygen atoms in total. The highest BCUT2D eigenvalue weighted by Crippen LogP contribution is 2.31. The zero-order valence-corrected chi connectivity index (χ0v) is 12.2. The average molecular weight is 342 g/mol. The van der Waals surface area contributed by atoms with Crippen molar-refractivity contribution in [2.24, 2.45) is 0 Å². The molecule has 0 amide bonds. The van der Waals surface area contributed by atoms with Gasteiger partial charge in [-0.3, -0.25) is 4.40 Å². The smallest absolute Gasteiger partial charge is 0.147 e. The lowest BCUT2D eigenvalue weighted by Crippen LogP contribution is -1.89. The second-order valence-electron chi connectivity index (χ2n) is 3.81. The highest BCUT2D eigenvalue weighted by molar-refractivity contribution is 9.10. The van der Waals surface area contributed by atoms with E-state index in [2.05, 4.69) is 20.9 Å². The first-order valence-electron chi connectivity index (χ1n) is 5.25. The number of hydrogen-bond acceptors (Lipinski definition) is 1. The van der Waals surface area contributed by atoms with Gasteiger partial charge in [-0.2, -0.15) is 0 Å². The fourth-order valence-corrected chi connectivity index (χ4v) is 2.73. The van der Waals surface area contributed by atoms with Crippen LogP contribution in [0.5, 0.6) is 0 Å². The second-order valence-corrected chi connectivity index (χ2v) is 5.40. The number of benzene rings is 1. The average Bonchev–Trinajstić information content (AvgIpc) is 2.67. The SMILES string of the molecule is Clc1ccc2c(Br)nc(-c3ccccc3Cl)n2c1. The predicted molar refractivity (Wildman–Crippen MR) is 78.3 cm³/mol. The van der Waals surface area contributed by atoms with Crippen molar-refractivity contribution in [2.75, 3.05) is 0 Å². The lowest BCUT2D eigenvalue weighted by molar-refractivity contribution is 1.16. The highest BCUT2D eigenvalue weighted by Gasteiger charge is 2.13. The van der Waals surface area contributed by atoms with Gasteiger partial charge < -0.3 is 0 Å². The van der Waals surface area contributed by atoms with Gasteiger partial charge in [-0.25, -0.2) is 4.98 Å². The topological polar surface area (TPSA) is 17.3 Å². The highest BCUT2D eigenvalue weighted by atomic mass is 79.9. The van der Waals surface area contributed by atoms with Crippen LogP contribution in [0.2, 0.25) is 10.0 Å². The van der Waals surface area contributed by atoms with Crippen LogP contribution in [0.25, 0.3) is 16.9 Å². The van der Waals surface area contributed by atoms with E-state index in [0.29, 0.717) is 10.0 Å². The van der Waals surface area contributed by atoms with E-state index in [-0.39, 0.29) is 0 Å². The molecule has 3 rings (SSSR count). The summed E-state index contributed by atoms with van der Waals surface area (Å²) in [6, 6.07) is 11.4. The molecule has 0 aliphatic heterocycles. The van der Waals surface area contributed by atoms with Gasteiger partial charge in [0.15, 0.2) is 0 Å². The van der Waals surface area contributed by atoms with Gasteiger partial charge in [0, 0.05) is 11.8 Å². The summed E-state index contributed by atoms with van der Waals surface area (Å²) in [6.07, 6.45) is 1.83. The lowest BCUT2D eigenvalue weighted by atomic mass is 10.2. The normalized spacial score (nSPS) is 11.1. The maximum atomic E-state index is 6.21. The second kappa shape index (κ2) is 4.57. The quantitative estimate of drug-likeness (QED) is 0.604. The first-order valence-corrected chi connectivity index (χ1v) is 6.80. The number of imidazole rings is 1. The minimum Gasteiger partial charge on any atom is -0.297 e. The van der Waals surface area contributed by atoms with Crippen molar-refractivity contribution in [1.82, 2.24) is 9.38 Å². The van der Waals surface area contributed by atoms with Crippen LogP contribution in [-0.2, 0) is 0 Å². The number of fused-ring (bicyclic) bond motifs is 1. The Morgan fingerprint density at radius 2 is 1.83 bits per heavy atom. The molecule has 0 bridgehead atoms. The Morgan fingerprint density at radius 1 is 1.06 bits per heavy atom. The molecule has 0 aliphatic rings. The first-order chi connectivity index (χ1) is 8.66. The van der Waals surface area contributed by atoms with Crippen molar-refractivity contribution in [1.29, 1.82) is 0 Å². The van der Waals surface area contributed by atoms with Gasteiger partial charge in [-0.05, 0) is 40.2 Å². The van der Waals surface area contributed by atoms with Crippen molar-refractivity contribution in [3.8, 4) is 11.4 Å². The van der Waals surface area contributed by atoms with Crippen LogP contribution < -0.4 is 0 Å². The number of nitrogens with zero attached hydrogens (tertiary/aromatic N) is 2. The molecule has 1 aromatic carbocycles. The van der Waals surface area contributed by atoms with Gasteiger partial charge in [-0.15, -0.1) is 0 Å². The molecule has 0 fully saturated rings. The number of hydrogen-bond donors (Lipinski definition) is 0. The van der Waals surface area contributed by atoms with Gasteiger partial charge in [0.1, 0.15) is 10.4 Å². The third-order valence-corrected chi connectivity index (χ3v) is 3.81. The molecule has 0 saturated heterocycles. The Kier molecular flexibility index (Phi) is 3.06. The largest absolute Gasteiger partial charge is 0.297 e. The summed E-state index contributed by atoms with van der Waals surface area (Å²) in [4.78, 5) is 4.50. The van der Waals surface area contributed by atoms with Crippen LogP contribution in [0.4, 0.5) is 0 Å². The molecule has 2 aromatic heterocycles. The first kappa shape index (κ1) is 12.0. The number of rotatable bonds is 1. The van der Waals surface area contributed by atoms with Crippen LogP contribution in [0, 0.1) is 0 Å². The lowest BCUT2D eigenvalue weighted by Gasteiger charge is -2.03. The standard InChI is InChI=1S/C13H7BrCl2N2/c14-12-11-6-5-8(15)7-18(11)13(17-12)9-3-1-2-4-10(9)16/h1-7H. The van der Waals surface area contributed by atoms with E-state index in [1.807, 2.05) is 47.0 Å². The molecular weight excluding hydrogens is 335 g/mol. The summed E-state index contributed by atoms with van der Waals surface area (Å²) in [7, 11) is 0. The maximum Gasteiger partial charge on any atom is 0.147 e. The summed E-state index contributed by atoms with van der Waals surface area (Å²) in [6.45, 7) is 0. The van der Waals surface area contributed by atoms with E-state index in [9.17, 15) is 0 Å². The molecule has 3 aromatic rings. The summed E-state index contributed by atoms with van der Waals surface area (Å²) in [5, 5.41) is 1.32. The summed E-state index contributed by atoms with van der Waals surface area (Å²) in [5.41, 5.74) is 1.83. The fourth-order valence-electron chi connectivity index (χ4n) is 1.85. The van der Waals surface area contributed by atoms with E-state index in [1.54, 1.807) is 0 Å². The molecule has 90 valence electrons. The monoisotopic (exact) mass is 340 g/mol. The Morgan fingerprint density at radius 3 is 2.61 bits per heavy atom. The summed E-state index contributed by atoms with van der Waals surface area (Å²) < 4.78 is 2.70. The molecular formula is C13H7BrCl2N2. The fraction of sp³-hybridized carbons (Fsp3) is 0. The molecule has 0 atom stereocenters. The predicted octanol–water partition coefficient (Wildman–Crippen LogP) is 5.07. The minimum absolute atomic E-state index is 0.653. The molecule has 5 heteroatoms. The maximum absolute atomic E-state index is 6.21.